The van der Waals surface area contributed by atoms with Crippen LogP contribution in [0.2, 0.25) is 0 Å². The molecule has 2 heterocycles. The van der Waals surface area contributed by atoms with Crippen LogP contribution in [0.5, 0.6) is 0 Å². The molecule has 0 aliphatic carbocycles. The molecule has 1 aliphatic rings. The van der Waals surface area contributed by atoms with Crippen LogP contribution in [-0.4, -0.2) is 41.7 Å². The summed E-state index contributed by atoms with van der Waals surface area (Å²) >= 11 is 0. The molecule has 2 rings (SSSR count). The Labute approximate surface area is 121 Å². The fourth-order valence-corrected chi connectivity index (χ4v) is 2.13. The number of likely N-dealkylation sites (N-methyl/N-ethyl adjacent to an activating group) is 1. The standard InChI is InChI=1S/C14H24BN3O2/c1-13(2)14(3,4)20-15(19-13)12(9-16-5)7-11-8-17-18(6)10-11/h7-8,10,16H,9H2,1-6H3. The molecule has 110 valence electrons. The lowest BCUT2D eigenvalue weighted by atomic mass is 9.77. The molecule has 1 aromatic rings. The predicted octanol–water partition coefficient (Wildman–Crippen LogP) is 1.65. The van der Waals surface area contributed by atoms with Gasteiger partial charge in [0.2, 0.25) is 0 Å². The summed E-state index contributed by atoms with van der Waals surface area (Å²) < 4.78 is 14.0. The first-order valence-corrected chi connectivity index (χ1v) is 6.94. The highest BCUT2D eigenvalue weighted by Gasteiger charge is 2.52. The highest BCUT2D eigenvalue weighted by Crippen LogP contribution is 2.38. The molecule has 1 aliphatic heterocycles. The van der Waals surface area contributed by atoms with Crippen LogP contribution in [0.4, 0.5) is 0 Å². The third-order valence-electron chi connectivity index (χ3n) is 4.01. The van der Waals surface area contributed by atoms with Crippen LogP contribution in [0.3, 0.4) is 0 Å². The van der Waals surface area contributed by atoms with E-state index in [-0.39, 0.29) is 18.3 Å². The average molecular weight is 277 g/mol. The Morgan fingerprint density at radius 2 is 1.95 bits per heavy atom. The molecule has 1 saturated heterocycles. The number of nitrogens with one attached hydrogen (secondary N) is 1. The van der Waals surface area contributed by atoms with E-state index in [0.717, 1.165) is 11.0 Å². The van der Waals surface area contributed by atoms with Crippen molar-refractivity contribution in [3.63, 3.8) is 0 Å². The van der Waals surface area contributed by atoms with E-state index in [1.807, 2.05) is 26.5 Å². The first-order valence-electron chi connectivity index (χ1n) is 6.94. The zero-order chi connectivity index (χ0) is 15.0. The largest absolute Gasteiger partial charge is 0.491 e. The lowest BCUT2D eigenvalue weighted by Gasteiger charge is -2.32. The molecule has 0 aromatic carbocycles. The quantitative estimate of drug-likeness (QED) is 0.850. The minimum Gasteiger partial charge on any atom is -0.400 e. The first kappa shape index (κ1) is 15.3. The summed E-state index contributed by atoms with van der Waals surface area (Å²) in [6.45, 7) is 8.97. The van der Waals surface area contributed by atoms with E-state index in [0.29, 0.717) is 6.54 Å². The number of nitrogens with zero attached hydrogens (tertiary/aromatic N) is 2. The minimum atomic E-state index is -0.326. The van der Waals surface area contributed by atoms with Gasteiger partial charge in [-0.15, -0.1) is 0 Å². The maximum Gasteiger partial charge on any atom is 0.491 e. The van der Waals surface area contributed by atoms with E-state index in [2.05, 4.69) is 44.2 Å². The van der Waals surface area contributed by atoms with Gasteiger partial charge in [0.05, 0.1) is 17.4 Å². The molecular formula is C14H24BN3O2. The van der Waals surface area contributed by atoms with Crippen LogP contribution < -0.4 is 5.32 Å². The Morgan fingerprint density at radius 1 is 1.35 bits per heavy atom. The first-order chi connectivity index (χ1) is 9.25. The SMILES string of the molecule is CNCC(=Cc1cnn(C)c1)B1OC(C)(C)C(C)(C)O1. The summed E-state index contributed by atoms with van der Waals surface area (Å²) in [7, 11) is 3.50. The van der Waals surface area contributed by atoms with Gasteiger partial charge in [-0.05, 0) is 40.2 Å². The van der Waals surface area contributed by atoms with E-state index in [4.69, 9.17) is 9.31 Å². The minimum absolute atomic E-state index is 0.320. The van der Waals surface area contributed by atoms with Crippen molar-refractivity contribution in [2.75, 3.05) is 13.6 Å². The molecule has 0 saturated carbocycles. The van der Waals surface area contributed by atoms with Gasteiger partial charge in [0.25, 0.3) is 0 Å². The Morgan fingerprint density at radius 3 is 2.40 bits per heavy atom. The average Bonchev–Trinajstić information content (AvgIpc) is 2.81. The third-order valence-corrected chi connectivity index (χ3v) is 4.01. The van der Waals surface area contributed by atoms with Crippen molar-refractivity contribution in [2.24, 2.45) is 7.05 Å². The molecule has 0 bridgehead atoms. The molecule has 1 aromatic heterocycles. The molecule has 20 heavy (non-hydrogen) atoms. The topological polar surface area (TPSA) is 48.3 Å². The van der Waals surface area contributed by atoms with Gasteiger partial charge < -0.3 is 14.6 Å². The van der Waals surface area contributed by atoms with Crippen LogP contribution in [0.1, 0.15) is 33.3 Å². The van der Waals surface area contributed by atoms with Crippen molar-refractivity contribution >= 4 is 13.2 Å². The highest BCUT2D eigenvalue weighted by atomic mass is 16.7. The summed E-state index contributed by atoms with van der Waals surface area (Å²) in [4.78, 5) is 0. The summed E-state index contributed by atoms with van der Waals surface area (Å²) in [6, 6.07) is 0. The van der Waals surface area contributed by atoms with Crippen molar-refractivity contribution in [2.45, 2.75) is 38.9 Å². The normalized spacial score (nSPS) is 21.5. The Balaban J connectivity index is 2.24. The second-order valence-corrected chi connectivity index (χ2v) is 6.29. The van der Waals surface area contributed by atoms with Crippen LogP contribution in [0, 0.1) is 0 Å². The highest BCUT2D eigenvalue weighted by molar-refractivity contribution is 6.55. The molecule has 0 spiro atoms. The van der Waals surface area contributed by atoms with Crippen molar-refractivity contribution in [3.8, 4) is 0 Å². The predicted molar refractivity (Wildman–Crippen MR) is 81.2 cm³/mol. The van der Waals surface area contributed by atoms with Crippen molar-refractivity contribution in [1.29, 1.82) is 0 Å². The zero-order valence-electron chi connectivity index (χ0n) is 13.2. The van der Waals surface area contributed by atoms with Gasteiger partial charge in [-0.3, -0.25) is 4.68 Å². The lowest BCUT2D eigenvalue weighted by Crippen LogP contribution is -2.41. The fraction of sp³-hybridized carbons (Fsp3) is 0.643. The van der Waals surface area contributed by atoms with E-state index >= 15 is 0 Å². The maximum atomic E-state index is 6.10. The fourth-order valence-electron chi connectivity index (χ4n) is 2.13. The van der Waals surface area contributed by atoms with E-state index in [9.17, 15) is 0 Å². The van der Waals surface area contributed by atoms with Gasteiger partial charge in [0, 0.05) is 25.4 Å². The third kappa shape index (κ3) is 2.97. The Hall–Kier alpha value is -1.11. The molecule has 6 heteroatoms. The maximum absolute atomic E-state index is 6.10. The molecule has 0 unspecified atom stereocenters. The number of hydrogen-bond donors (Lipinski definition) is 1. The van der Waals surface area contributed by atoms with E-state index < -0.39 is 0 Å². The molecule has 1 N–H and O–H groups in total. The molecule has 0 amide bonds. The summed E-state index contributed by atoms with van der Waals surface area (Å²) in [5.74, 6) is 0. The van der Waals surface area contributed by atoms with Crippen molar-refractivity contribution in [3.05, 3.63) is 23.4 Å². The summed E-state index contributed by atoms with van der Waals surface area (Å²) in [6.07, 6.45) is 5.88. The van der Waals surface area contributed by atoms with Crippen molar-refractivity contribution < 1.29 is 9.31 Å². The number of rotatable bonds is 4. The van der Waals surface area contributed by atoms with Crippen LogP contribution >= 0.6 is 0 Å². The van der Waals surface area contributed by atoms with Gasteiger partial charge in [0.1, 0.15) is 0 Å². The summed E-state index contributed by atoms with van der Waals surface area (Å²) in [5.41, 5.74) is 1.48. The summed E-state index contributed by atoms with van der Waals surface area (Å²) in [5, 5.41) is 7.35. The van der Waals surface area contributed by atoms with Crippen LogP contribution in [0.25, 0.3) is 6.08 Å². The van der Waals surface area contributed by atoms with Gasteiger partial charge in [-0.25, -0.2) is 0 Å². The van der Waals surface area contributed by atoms with E-state index in [1.54, 1.807) is 4.68 Å². The number of aromatic nitrogens is 2. The van der Waals surface area contributed by atoms with Gasteiger partial charge in [0.15, 0.2) is 0 Å². The molecule has 0 radical (unpaired) electrons. The van der Waals surface area contributed by atoms with Crippen LogP contribution in [0.15, 0.2) is 17.9 Å². The smallest absolute Gasteiger partial charge is 0.400 e. The van der Waals surface area contributed by atoms with Crippen molar-refractivity contribution in [1.82, 2.24) is 15.1 Å². The molecular weight excluding hydrogens is 253 g/mol. The molecule has 5 nitrogen and oxygen atoms in total. The Bertz CT molecular complexity index is 492. The zero-order valence-corrected chi connectivity index (χ0v) is 13.2. The van der Waals surface area contributed by atoms with Gasteiger partial charge in [-0.1, -0.05) is 6.08 Å². The van der Waals surface area contributed by atoms with Gasteiger partial charge in [-0.2, -0.15) is 5.10 Å². The lowest BCUT2D eigenvalue weighted by molar-refractivity contribution is 0.00578. The second kappa shape index (κ2) is 5.35. The monoisotopic (exact) mass is 277 g/mol. The van der Waals surface area contributed by atoms with Gasteiger partial charge >= 0.3 is 7.12 Å². The van der Waals surface area contributed by atoms with Crippen LogP contribution in [-0.2, 0) is 16.4 Å². The Kier molecular flexibility index (Phi) is 4.09. The molecule has 1 fully saturated rings. The van der Waals surface area contributed by atoms with E-state index in [1.165, 1.54) is 0 Å². The number of aryl methyl sites for hydroxylation is 1. The molecule has 0 atom stereocenters. The second-order valence-electron chi connectivity index (χ2n) is 6.29. The number of hydrogen-bond acceptors (Lipinski definition) is 4.